The van der Waals surface area contributed by atoms with Crippen LogP contribution in [0.3, 0.4) is 0 Å². The minimum atomic E-state index is -4.36. The molecule has 2 unspecified atom stereocenters. The molecular formula is C14H17F3O2S. The number of ether oxygens (including phenoxy) is 1. The van der Waals surface area contributed by atoms with E-state index in [1.807, 2.05) is 11.8 Å². The van der Waals surface area contributed by atoms with Crippen LogP contribution < -0.4 is 4.74 Å². The minimum absolute atomic E-state index is 0.00415. The molecule has 6 heteroatoms. The number of aliphatic hydroxyl groups is 1. The third kappa shape index (κ3) is 4.06. The minimum Gasteiger partial charge on any atom is -0.493 e. The topological polar surface area (TPSA) is 29.5 Å². The third-order valence-corrected chi connectivity index (χ3v) is 4.68. The van der Waals surface area contributed by atoms with E-state index in [4.69, 9.17) is 4.74 Å². The lowest BCUT2D eigenvalue weighted by atomic mass is 9.93. The average Bonchev–Trinajstić information content (AvgIpc) is 2.93. The summed E-state index contributed by atoms with van der Waals surface area (Å²) in [6.45, 7) is 0.257. The predicted molar refractivity (Wildman–Crippen MR) is 72.9 cm³/mol. The molecule has 1 aliphatic heterocycles. The highest BCUT2D eigenvalue weighted by atomic mass is 32.2. The average molecular weight is 306 g/mol. The molecular weight excluding hydrogens is 289 g/mol. The van der Waals surface area contributed by atoms with Crippen LogP contribution >= 0.6 is 11.8 Å². The molecule has 0 saturated carbocycles. The molecule has 1 fully saturated rings. The normalized spacial score (nSPS) is 20.9. The lowest BCUT2D eigenvalue weighted by Gasteiger charge is -2.21. The number of hydrogen-bond acceptors (Lipinski definition) is 3. The van der Waals surface area contributed by atoms with Crippen molar-refractivity contribution >= 4 is 11.8 Å². The van der Waals surface area contributed by atoms with Crippen LogP contribution in [0.1, 0.15) is 12.0 Å². The standard InChI is InChI=1S/C14H17F3O2S/c15-14(16,17)12-2-1-3-13(6-12)19-8-11(7-18)10-4-5-20-9-10/h1-3,6,10-11,18H,4-5,7-9H2. The van der Waals surface area contributed by atoms with Gasteiger partial charge in [0.05, 0.1) is 12.2 Å². The monoisotopic (exact) mass is 306 g/mol. The maximum absolute atomic E-state index is 12.6. The molecule has 1 aliphatic rings. The first-order valence-electron chi connectivity index (χ1n) is 6.49. The van der Waals surface area contributed by atoms with E-state index < -0.39 is 11.7 Å². The van der Waals surface area contributed by atoms with Gasteiger partial charge in [-0.2, -0.15) is 24.9 Å². The molecule has 2 nitrogen and oxygen atoms in total. The number of rotatable bonds is 5. The summed E-state index contributed by atoms with van der Waals surface area (Å²) in [5, 5.41) is 9.38. The second-order valence-corrected chi connectivity index (χ2v) is 6.05. The van der Waals surface area contributed by atoms with E-state index in [0.717, 1.165) is 30.1 Å². The molecule has 0 bridgehead atoms. The van der Waals surface area contributed by atoms with E-state index in [1.165, 1.54) is 12.1 Å². The summed E-state index contributed by atoms with van der Waals surface area (Å²) < 4.78 is 43.2. The van der Waals surface area contributed by atoms with Crippen molar-refractivity contribution < 1.29 is 23.0 Å². The van der Waals surface area contributed by atoms with Gasteiger partial charge in [-0.3, -0.25) is 0 Å². The van der Waals surface area contributed by atoms with Crippen LogP contribution in [0.5, 0.6) is 5.75 Å². The molecule has 1 aromatic carbocycles. The van der Waals surface area contributed by atoms with Crippen LogP contribution in [0.25, 0.3) is 0 Å². The Kier molecular flexibility index (Phi) is 5.21. The molecule has 0 spiro atoms. The molecule has 112 valence electrons. The first kappa shape index (κ1) is 15.5. The highest BCUT2D eigenvalue weighted by molar-refractivity contribution is 7.99. The Morgan fingerprint density at radius 3 is 2.80 bits per heavy atom. The highest BCUT2D eigenvalue weighted by Crippen LogP contribution is 2.32. The molecule has 0 amide bonds. The van der Waals surface area contributed by atoms with Gasteiger partial charge in [-0.05, 0) is 42.0 Å². The van der Waals surface area contributed by atoms with Crippen molar-refractivity contribution in [3.8, 4) is 5.75 Å². The number of thioether (sulfide) groups is 1. The van der Waals surface area contributed by atoms with E-state index in [0.29, 0.717) is 5.92 Å². The molecule has 1 saturated heterocycles. The Morgan fingerprint density at radius 2 is 2.20 bits per heavy atom. The molecule has 0 aliphatic carbocycles. The van der Waals surface area contributed by atoms with E-state index in [9.17, 15) is 18.3 Å². The second-order valence-electron chi connectivity index (χ2n) is 4.90. The van der Waals surface area contributed by atoms with Crippen molar-refractivity contribution in [1.82, 2.24) is 0 Å². The van der Waals surface area contributed by atoms with Gasteiger partial charge in [-0.1, -0.05) is 6.07 Å². The molecule has 20 heavy (non-hydrogen) atoms. The van der Waals surface area contributed by atoms with E-state index in [2.05, 4.69) is 0 Å². The zero-order valence-corrected chi connectivity index (χ0v) is 11.7. The predicted octanol–water partition coefficient (Wildman–Crippen LogP) is 3.45. The lowest BCUT2D eigenvalue weighted by molar-refractivity contribution is -0.137. The van der Waals surface area contributed by atoms with Crippen LogP contribution in [0.2, 0.25) is 0 Å². The summed E-state index contributed by atoms with van der Waals surface area (Å²) in [6, 6.07) is 4.85. The van der Waals surface area contributed by atoms with Gasteiger partial charge in [0.1, 0.15) is 5.75 Å². The highest BCUT2D eigenvalue weighted by Gasteiger charge is 2.31. The second kappa shape index (κ2) is 6.72. The summed E-state index contributed by atoms with van der Waals surface area (Å²) in [6.07, 6.45) is -3.33. The molecule has 2 rings (SSSR count). The fraction of sp³-hybridized carbons (Fsp3) is 0.571. The van der Waals surface area contributed by atoms with E-state index in [1.54, 1.807) is 0 Å². The van der Waals surface area contributed by atoms with Gasteiger partial charge in [0, 0.05) is 12.5 Å². The van der Waals surface area contributed by atoms with Gasteiger partial charge < -0.3 is 9.84 Å². The van der Waals surface area contributed by atoms with Crippen molar-refractivity contribution in [2.75, 3.05) is 24.7 Å². The molecule has 1 N–H and O–H groups in total. The van der Waals surface area contributed by atoms with E-state index >= 15 is 0 Å². The van der Waals surface area contributed by atoms with Gasteiger partial charge in [0.25, 0.3) is 0 Å². The summed E-state index contributed by atoms with van der Waals surface area (Å²) in [7, 11) is 0. The zero-order valence-electron chi connectivity index (χ0n) is 10.9. The summed E-state index contributed by atoms with van der Waals surface area (Å²) in [4.78, 5) is 0. The van der Waals surface area contributed by atoms with Crippen LogP contribution in [0, 0.1) is 11.8 Å². The van der Waals surface area contributed by atoms with Crippen LogP contribution in [-0.4, -0.2) is 29.8 Å². The molecule has 1 heterocycles. The quantitative estimate of drug-likeness (QED) is 0.903. The first-order chi connectivity index (χ1) is 9.50. The van der Waals surface area contributed by atoms with Crippen LogP contribution in [0.15, 0.2) is 24.3 Å². The van der Waals surface area contributed by atoms with Crippen molar-refractivity contribution in [2.24, 2.45) is 11.8 Å². The number of alkyl halides is 3. The van der Waals surface area contributed by atoms with Gasteiger partial charge in [0.15, 0.2) is 0 Å². The molecule has 0 aromatic heterocycles. The van der Waals surface area contributed by atoms with Crippen LogP contribution in [0.4, 0.5) is 13.2 Å². The molecule has 2 atom stereocenters. The zero-order chi connectivity index (χ0) is 14.6. The smallest absolute Gasteiger partial charge is 0.416 e. The maximum Gasteiger partial charge on any atom is 0.416 e. The number of benzene rings is 1. The van der Waals surface area contributed by atoms with Gasteiger partial charge >= 0.3 is 6.18 Å². The fourth-order valence-corrected chi connectivity index (χ4v) is 3.61. The lowest BCUT2D eigenvalue weighted by Crippen LogP contribution is -2.25. The van der Waals surface area contributed by atoms with Gasteiger partial charge in [0.2, 0.25) is 0 Å². The Hall–Kier alpha value is -0.880. The van der Waals surface area contributed by atoms with Crippen LogP contribution in [-0.2, 0) is 6.18 Å². The van der Waals surface area contributed by atoms with Crippen molar-refractivity contribution in [1.29, 1.82) is 0 Å². The first-order valence-corrected chi connectivity index (χ1v) is 7.65. The Balaban J connectivity index is 1.95. The summed E-state index contributed by atoms with van der Waals surface area (Å²) >= 11 is 1.84. The Bertz CT molecular complexity index is 431. The molecule has 1 aromatic rings. The molecule has 0 radical (unpaired) electrons. The number of hydrogen-bond donors (Lipinski definition) is 1. The van der Waals surface area contributed by atoms with Crippen molar-refractivity contribution in [3.05, 3.63) is 29.8 Å². The van der Waals surface area contributed by atoms with Gasteiger partial charge in [-0.25, -0.2) is 0 Å². The van der Waals surface area contributed by atoms with E-state index in [-0.39, 0.29) is 24.9 Å². The SMILES string of the molecule is OCC(COc1cccc(C(F)(F)F)c1)C1CCSC1. The number of aliphatic hydroxyl groups excluding tert-OH is 1. The maximum atomic E-state index is 12.6. The summed E-state index contributed by atoms with van der Waals surface area (Å²) in [5.41, 5.74) is -0.716. The summed E-state index contributed by atoms with van der Waals surface area (Å²) in [5.74, 6) is 2.63. The van der Waals surface area contributed by atoms with Gasteiger partial charge in [-0.15, -0.1) is 0 Å². The van der Waals surface area contributed by atoms with Crippen molar-refractivity contribution in [2.45, 2.75) is 12.6 Å². The Morgan fingerprint density at radius 1 is 1.40 bits per heavy atom. The fourth-order valence-electron chi connectivity index (χ4n) is 2.23. The largest absolute Gasteiger partial charge is 0.493 e. The number of halogens is 3. The third-order valence-electron chi connectivity index (χ3n) is 3.49. The Labute approximate surface area is 120 Å². The van der Waals surface area contributed by atoms with Crippen molar-refractivity contribution in [3.63, 3.8) is 0 Å².